The molecule has 0 spiro atoms. The molecule has 0 amide bonds. The third-order valence-electron chi connectivity index (χ3n) is 7.08. The second-order valence-corrected chi connectivity index (χ2v) is 10.1. The van der Waals surface area contributed by atoms with Gasteiger partial charge in [-0.3, -0.25) is 4.98 Å². The summed E-state index contributed by atoms with van der Waals surface area (Å²) in [5, 5.41) is 0.675. The average molecular weight is 535 g/mol. The van der Waals surface area contributed by atoms with E-state index >= 15 is 0 Å². The predicted molar refractivity (Wildman–Crippen MR) is 164 cm³/mol. The Morgan fingerprint density at radius 2 is 1.15 bits per heavy atom. The lowest BCUT2D eigenvalue weighted by molar-refractivity contribution is 0.620. The van der Waals surface area contributed by atoms with Gasteiger partial charge in [0.25, 0.3) is 0 Å². The first-order valence-corrected chi connectivity index (χ1v) is 13.5. The van der Waals surface area contributed by atoms with Crippen LogP contribution in [0.2, 0.25) is 5.02 Å². The van der Waals surface area contributed by atoms with Crippen LogP contribution in [0.15, 0.2) is 144 Å². The molecular formula is C36H23ClN2O. The lowest BCUT2D eigenvalue weighted by Crippen LogP contribution is -1.87. The molecule has 40 heavy (non-hydrogen) atoms. The van der Waals surface area contributed by atoms with Gasteiger partial charge in [-0.1, -0.05) is 90.5 Å². The maximum Gasteiger partial charge on any atom is 0.227 e. The fourth-order valence-electron chi connectivity index (χ4n) is 5.02. The Labute approximate surface area is 237 Å². The van der Waals surface area contributed by atoms with E-state index in [0.717, 1.165) is 50.0 Å². The molecule has 0 bridgehead atoms. The zero-order chi connectivity index (χ0) is 26.9. The molecule has 0 unspecified atom stereocenters. The summed E-state index contributed by atoms with van der Waals surface area (Å²) in [6.45, 7) is 0. The number of pyridine rings is 1. The molecule has 3 nitrogen and oxygen atoms in total. The molecule has 7 rings (SSSR count). The van der Waals surface area contributed by atoms with Crippen molar-refractivity contribution in [3.8, 4) is 56.0 Å². The molecule has 2 aromatic heterocycles. The Morgan fingerprint density at radius 1 is 0.500 bits per heavy atom. The van der Waals surface area contributed by atoms with Crippen molar-refractivity contribution in [2.45, 2.75) is 0 Å². The summed E-state index contributed by atoms with van der Waals surface area (Å²) in [4.78, 5) is 9.26. The van der Waals surface area contributed by atoms with Crippen molar-refractivity contribution in [3.05, 3.63) is 145 Å². The van der Waals surface area contributed by atoms with Gasteiger partial charge < -0.3 is 4.42 Å². The third-order valence-corrected chi connectivity index (χ3v) is 7.33. The number of rotatable bonds is 5. The zero-order valence-corrected chi connectivity index (χ0v) is 22.2. The summed E-state index contributed by atoms with van der Waals surface area (Å²) in [6.07, 6.45) is 3.67. The topological polar surface area (TPSA) is 38.9 Å². The summed E-state index contributed by atoms with van der Waals surface area (Å²) in [5.41, 5.74) is 11.2. The lowest BCUT2D eigenvalue weighted by atomic mass is 9.94. The fraction of sp³-hybridized carbons (Fsp3) is 0. The van der Waals surface area contributed by atoms with Gasteiger partial charge >= 0.3 is 0 Å². The second kappa shape index (κ2) is 10.3. The van der Waals surface area contributed by atoms with Gasteiger partial charge in [-0.05, 0) is 81.9 Å². The van der Waals surface area contributed by atoms with Gasteiger partial charge in [0.2, 0.25) is 5.89 Å². The smallest absolute Gasteiger partial charge is 0.227 e. The van der Waals surface area contributed by atoms with E-state index < -0.39 is 0 Å². The Hall–Kier alpha value is -4.99. The number of fused-ring (bicyclic) bond motifs is 1. The first-order chi connectivity index (χ1) is 19.7. The summed E-state index contributed by atoms with van der Waals surface area (Å²) in [5.74, 6) is 0.563. The molecule has 0 saturated carbocycles. The number of hydrogen-bond acceptors (Lipinski definition) is 3. The maximum atomic E-state index is 6.36. The van der Waals surface area contributed by atoms with Gasteiger partial charge in [-0.25, -0.2) is 4.98 Å². The molecule has 0 N–H and O–H groups in total. The molecular weight excluding hydrogens is 512 g/mol. The van der Waals surface area contributed by atoms with Crippen molar-refractivity contribution in [1.29, 1.82) is 0 Å². The van der Waals surface area contributed by atoms with Crippen LogP contribution >= 0.6 is 11.6 Å². The van der Waals surface area contributed by atoms with Crippen LogP contribution in [0, 0.1) is 0 Å². The maximum absolute atomic E-state index is 6.36. The summed E-state index contributed by atoms with van der Waals surface area (Å²) in [6, 6.07) is 43.4. The monoisotopic (exact) mass is 534 g/mol. The number of nitrogens with zero attached hydrogens (tertiary/aromatic N) is 2. The fourth-order valence-corrected chi connectivity index (χ4v) is 5.14. The van der Waals surface area contributed by atoms with Gasteiger partial charge in [0.1, 0.15) is 5.52 Å². The lowest BCUT2D eigenvalue weighted by Gasteiger charge is -2.10. The third kappa shape index (κ3) is 4.68. The van der Waals surface area contributed by atoms with Crippen molar-refractivity contribution >= 4 is 22.7 Å². The van der Waals surface area contributed by atoms with Crippen LogP contribution in [0.4, 0.5) is 0 Å². The highest BCUT2D eigenvalue weighted by Crippen LogP contribution is 2.38. The van der Waals surface area contributed by atoms with Crippen molar-refractivity contribution in [3.63, 3.8) is 0 Å². The molecule has 0 aliphatic heterocycles. The quantitative estimate of drug-likeness (QED) is 0.220. The molecule has 0 saturated heterocycles. The molecule has 0 atom stereocenters. The predicted octanol–water partition coefficient (Wildman–Crippen LogP) is 10.2. The van der Waals surface area contributed by atoms with E-state index in [1.807, 2.05) is 42.6 Å². The summed E-state index contributed by atoms with van der Waals surface area (Å²) in [7, 11) is 0. The molecule has 5 aromatic carbocycles. The van der Waals surface area contributed by atoms with Gasteiger partial charge in [0.15, 0.2) is 5.58 Å². The molecule has 4 heteroatoms. The number of hydrogen-bond donors (Lipinski definition) is 0. The molecule has 7 aromatic rings. The largest absolute Gasteiger partial charge is 0.436 e. The van der Waals surface area contributed by atoms with Crippen LogP contribution in [-0.4, -0.2) is 9.97 Å². The van der Waals surface area contributed by atoms with E-state index in [1.54, 1.807) is 6.20 Å². The average Bonchev–Trinajstić information content (AvgIpc) is 3.46. The first kappa shape index (κ1) is 24.1. The Morgan fingerprint density at radius 3 is 1.90 bits per heavy atom. The van der Waals surface area contributed by atoms with E-state index in [4.69, 9.17) is 21.0 Å². The van der Waals surface area contributed by atoms with Gasteiger partial charge in [-0.2, -0.15) is 0 Å². The second-order valence-electron chi connectivity index (χ2n) is 9.66. The van der Waals surface area contributed by atoms with Crippen LogP contribution < -0.4 is 0 Å². The molecule has 190 valence electrons. The highest BCUT2D eigenvalue weighted by atomic mass is 35.5. The van der Waals surface area contributed by atoms with Crippen molar-refractivity contribution in [1.82, 2.24) is 9.97 Å². The van der Waals surface area contributed by atoms with Crippen LogP contribution in [0.25, 0.3) is 67.1 Å². The van der Waals surface area contributed by atoms with E-state index in [0.29, 0.717) is 10.9 Å². The Bertz CT molecular complexity index is 1930. The first-order valence-electron chi connectivity index (χ1n) is 13.1. The van der Waals surface area contributed by atoms with Crippen molar-refractivity contribution in [2.75, 3.05) is 0 Å². The molecule has 0 aliphatic carbocycles. The van der Waals surface area contributed by atoms with Gasteiger partial charge in [-0.15, -0.1) is 0 Å². The highest BCUT2D eigenvalue weighted by Gasteiger charge is 2.16. The van der Waals surface area contributed by atoms with E-state index in [9.17, 15) is 0 Å². The van der Waals surface area contributed by atoms with Crippen LogP contribution in [-0.2, 0) is 0 Å². The van der Waals surface area contributed by atoms with E-state index in [2.05, 4.69) is 96.0 Å². The van der Waals surface area contributed by atoms with Crippen LogP contribution in [0.3, 0.4) is 0 Å². The minimum atomic E-state index is 0.563. The SMILES string of the molecule is Clc1ccc(-c2nc3c(-c4cccc(-c5cccnc5)c4)cc(-c4ccc(-c5ccccc5)cc4)cc3o2)cc1. The van der Waals surface area contributed by atoms with E-state index in [1.165, 1.54) is 11.1 Å². The number of halogens is 1. The van der Waals surface area contributed by atoms with Crippen molar-refractivity contribution in [2.24, 2.45) is 0 Å². The number of oxazole rings is 1. The molecule has 0 aliphatic rings. The van der Waals surface area contributed by atoms with Gasteiger partial charge in [0.05, 0.1) is 0 Å². The summed E-state index contributed by atoms with van der Waals surface area (Å²) >= 11 is 6.13. The van der Waals surface area contributed by atoms with E-state index in [-0.39, 0.29) is 0 Å². The standard InChI is InChI=1S/C36H23ClN2O/c37-32-17-15-27(16-18-32)36-39-35-33(29-9-4-8-28(20-29)30-10-5-19-38-23-30)21-31(22-34(35)40-36)26-13-11-25(12-14-26)24-6-2-1-3-7-24/h1-23H. The van der Waals surface area contributed by atoms with Gasteiger partial charge in [0, 0.05) is 34.1 Å². The molecule has 0 radical (unpaired) electrons. The Kier molecular flexibility index (Phi) is 6.19. The molecule has 2 heterocycles. The van der Waals surface area contributed by atoms with Crippen LogP contribution in [0.5, 0.6) is 0 Å². The minimum absolute atomic E-state index is 0.563. The summed E-state index contributed by atoms with van der Waals surface area (Å²) < 4.78 is 6.36. The zero-order valence-electron chi connectivity index (χ0n) is 21.5. The normalized spacial score (nSPS) is 11.1. The van der Waals surface area contributed by atoms with Crippen LogP contribution in [0.1, 0.15) is 0 Å². The number of benzene rings is 5. The highest BCUT2D eigenvalue weighted by molar-refractivity contribution is 6.30. The number of aromatic nitrogens is 2. The molecule has 0 fully saturated rings. The minimum Gasteiger partial charge on any atom is -0.436 e. The van der Waals surface area contributed by atoms with Crippen molar-refractivity contribution < 1.29 is 4.42 Å². The Balaban J connectivity index is 1.38.